The van der Waals surface area contributed by atoms with Gasteiger partial charge in [0, 0.05) is 30.1 Å². The Hall–Kier alpha value is -2.50. The zero-order chi connectivity index (χ0) is 20.2. The molecule has 1 heterocycles. The van der Waals surface area contributed by atoms with Crippen molar-refractivity contribution in [1.29, 1.82) is 0 Å². The summed E-state index contributed by atoms with van der Waals surface area (Å²) in [6.45, 7) is 0.468. The van der Waals surface area contributed by atoms with Gasteiger partial charge in [-0.1, -0.05) is 36.4 Å². The summed E-state index contributed by atoms with van der Waals surface area (Å²) in [6.07, 6.45) is 7.16. The second kappa shape index (κ2) is 8.89. The number of hydrogen-bond donors (Lipinski definition) is 3. The zero-order valence-corrected chi connectivity index (χ0v) is 16.4. The normalized spacial score (nSPS) is 23.8. The van der Waals surface area contributed by atoms with Gasteiger partial charge in [0.05, 0.1) is 6.61 Å². The highest BCUT2D eigenvalue weighted by Crippen LogP contribution is 2.34. The van der Waals surface area contributed by atoms with Crippen molar-refractivity contribution in [2.24, 2.45) is 0 Å². The van der Waals surface area contributed by atoms with E-state index in [-0.39, 0.29) is 30.5 Å². The summed E-state index contributed by atoms with van der Waals surface area (Å²) in [5, 5.41) is 15.9. The standard InChI is InChI=1S/C24H27FN2O2/c25-20-8-4-7-19(13-20)24(29)26-14-21-23(22(15-28)27-21)18-11-9-17(10-12-18)16-5-2-1-3-6-16/h4-5,7-13,21-23,27-28H,1-3,6,14-15H2,(H,26,29)/t21-,22-,23-/m0/s1. The molecule has 0 aromatic heterocycles. The van der Waals surface area contributed by atoms with E-state index in [1.807, 2.05) is 0 Å². The molecule has 152 valence electrons. The van der Waals surface area contributed by atoms with Crippen molar-refractivity contribution in [3.63, 3.8) is 0 Å². The van der Waals surface area contributed by atoms with E-state index in [9.17, 15) is 14.3 Å². The molecular weight excluding hydrogens is 367 g/mol. The highest BCUT2D eigenvalue weighted by molar-refractivity contribution is 5.94. The third kappa shape index (κ3) is 4.41. The van der Waals surface area contributed by atoms with Crippen LogP contribution < -0.4 is 10.6 Å². The summed E-state index contributed by atoms with van der Waals surface area (Å²) >= 11 is 0. The number of carbonyl (C=O) groups excluding carboxylic acids is 1. The number of aliphatic hydroxyl groups excluding tert-OH is 1. The van der Waals surface area contributed by atoms with Crippen LogP contribution in [0.4, 0.5) is 4.39 Å². The molecule has 1 amide bonds. The Kier molecular flexibility index (Phi) is 6.07. The van der Waals surface area contributed by atoms with Crippen LogP contribution in [0.1, 0.15) is 53.1 Å². The Morgan fingerprint density at radius 1 is 1.14 bits per heavy atom. The molecule has 1 aliphatic carbocycles. The number of carbonyl (C=O) groups is 1. The quantitative estimate of drug-likeness (QED) is 0.701. The Bertz CT molecular complexity index is 894. The number of benzene rings is 2. The Labute approximate surface area is 170 Å². The van der Waals surface area contributed by atoms with Gasteiger partial charge in [0.15, 0.2) is 0 Å². The molecular formula is C24H27FN2O2. The molecule has 3 N–H and O–H groups in total. The average Bonchev–Trinajstić information content (AvgIpc) is 2.74. The number of allylic oxidation sites excluding steroid dienone is 2. The van der Waals surface area contributed by atoms with Gasteiger partial charge >= 0.3 is 0 Å². The Morgan fingerprint density at radius 3 is 2.66 bits per heavy atom. The maximum absolute atomic E-state index is 13.3. The number of rotatable bonds is 6. The average molecular weight is 394 g/mol. The second-order valence-electron chi connectivity index (χ2n) is 7.91. The molecule has 5 heteroatoms. The van der Waals surface area contributed by atoms with Crippen LogP contribution in [0.2, 0.25) is 0 Å². The van der Waals surface area contributed by atoms with Gasteiger partial charge in [0.25, 0.3) is 5.91 Å². The fraction of sp³-hybridized carbons (Fsp3) is 0.375. The first-order valence-electron chi connectivity index (χ1n) is 10.4. The molecule has 0 unspecified atom stereocenters. The summed E-state index contributed by atoms with van der Waals surface area (Å²) in [4.78, 5) is 12.3. The van der Waals surface area contributed by atoms with Crippen LogP contribution in [0.25, 0.3) is 5.57 Å². The Morgan fingerprint density at radius 2 is 1.97 bits per heavy atom. The van der Waals surface area contributed by atoms with E-state index in [0.29, 0.717) is 12.1 Å². The summed E-state index contributed by atoms with van der Waals surface area (Å²) in [6, 6.07) is 14.3. The van der Waals surface area contributed by atoms with E-state index >= 15 is 0 Å². The molecule has 2 aromatic carbocycles. The largest absolute Gasteiger partial charge is 0.395 e. The van der Waals surface area contributed by atoms with E-state index in [2.05, 4.69) is 41.0 Å². The molecule has 3 atom stereocenters. The molecule has 0 bridgehead atoms. The minimum Gasteiger partial charge on any atom is -0.395 e. The topological polar surface area (TPSA) is 61.4 Å². The molecule has 1 aliphatic heterocycles. The van der Waals surface area contributed by atoms with Crippen molar-refractivity contribution in [2.45, 2.75) is 43.7 Å². The van der Waals surface area contributed by atoms with Crippen LogP contribution in [-0.4, -0.2) is 36.2 Å². The SMILES string of the molecule is O=C(NC[C@@H]1N[C@@H](CO)[C@H]1c1ccc(C2=CCCCC2)cc1)c1cccc(F)c1. The van der Waals surface area contributed by atoms with Gasteiger partial charge in [0.1, 0.15) is 5.82 Å². The van der Waals surface area contributed by atoms with Crippen LogP contribution in [-0.2, 0) is 0 Å². The Balaban J connectivity index is 1.41. The van der Waals surface area contributed by atoms with Crippen molar-refractivity contribution in [2.75, 3.05) is 13.2 Å². The van der Waals surface area contributed by atoms with Gasteiger partial charge in [-0.15, -0.1) is 0 Å². The van der Waals surface area contributed by atoms with Crippen LogP contribution in [0.5, 0.6) is 0 Å². The lowest BCUT2D eigenvalue weighted by Gasteiger charge is -2.46. The highest BCUT2D eigenvalue weighted by Gasteiger charge is 2.40. The fourth-order valence-electron chi connectivity index (χ4n) is 4.42. The maximum atomic E-state index is 13.3. The third-order valence-electron chi connectivity index (χ3n) is 6.02. The molecule has 0 saturated carbocycles. The van der Waals surface area contributed by atoms with Gasteiger partial charge in [-0.25, -0.2) is 4.39 Å². The lowest BCUT2D eigenvalue weighted by molar-refractivity contribution is 0.0910. The zero-order valence-electron chi connectivity index (χ0n) is 16.4. The molecule has 0 spiro atoms. The van der Waals surface area contributed by atoms with Crippen molar-refractivity contribution >= 4 is 11.5 Å². The van der Waals surface area contributed by atoms with Crippen molar-refractivity contribution < 1.29 is 14.3 Å². The smallest absolute Gasteiger partial charge is 0.251 e. The molecule has 2 aliphatic rings. The molecule has 2 aromatic rings. The van der Waals surface area contributed by atoms with Crippen molar-refractivity contribution in [3.8, 4) is 0 Å². The first kappa shape index (κ1) is 19.8. The number of halogens is 1. The van der Waals surface area contributed by atoms with Gasteiger partial charge < -0.3 is 15.7 Å². The maximum Gasteiger partial charge on any atom is 0.251 e. The molecule has 29 heavy (non-hydrogen) atoms. The number of amides is 1. The lowest BCUT2D eigenvalue weighted by atomic mass is 9.77. The molecule has 1 saturated heterocycles. The van der Waals surface area contributed by atoms with Crippen LogP contribution in [0.15, 0.2) is 54.6 Å². The highest BCUT2D eigenvalue weighted by atomic mass is 19.1. The molecule has 4 rings (SSSR count). The van der Waals surface area contributed by atoms with Crippen LogP contribution >= 0.6 is 0 Å². The van der Waals surface area contributed by atoms with Gasteiger partial charge in [0.2, 0.25) is 0 Å². The first-order valence-corrected chi connectivity index (χ1v) is 10.4. The predicted molar refractivity (Wildman–Crippen MR) is 112 cm³/mol. The van der Waals surface area contributed by atoms with Gasteiger partial charge in [-0.05, 0) is 60.6 Å². The summed E-state index contributed by atoms with van der Waals surface area (Å²) in [5.41, 5.74) is 4.17. The van der Waals surface area contributed by atoms with E-state index < -0.39 is 5.82 Å². The first-order chi connectivity index (χ1) is 14.2. The van der Waals surface area contributed by atoms with E-state index in [1.165, 1.54) is 42.2 Å². The van der Waals surface area contributed by atoms with E-state index in [0.717, 1.165) is 18.4 Å². The van der Waals surface area contributed by atoms with Gasteiger partial charge in [-0.3, -0.25) is 4.79 Å². The van der Waals surface area contributed by atoms with Crippen molar-refractivity contribution in [1.82, 2.24) is 10.6 Å². The second-order valence-corrected chi connectivity index (χ2v) is 7.91. The molecule has 0 radical (unpaired) electrons. The van der Waals surface area contributed by atoms with Gasteiger partial charge in [-0.2, -0.15) is 0 Å². The fourth-order valence-corrected chi connectivity index (χ4v) is 4.42. The minimum absolute atomic E-state index is 0.0224. The summed E-state index contributed by atoms with van der Waals surface area (Å²) < 4.78 is 13.3. The summed E-state index contributed by atoms with van der Waals surface area (Å²) in [5.74, 6) is -0.593. The monoisotopic (exact) mass is 394 g/mol. The summed E-state index contributed by atoms with van der Waals surface area (Å²) in [7, 11) is 0. The van der Waals surface area contributed by atoms with E-state index in [4.69, 9.17) is 0 Å². The minimum atomic E-state index is -0.425. The van der Waals surface area contributed by atoms with Crippen molar-refractivity contribution in [3.05, 3.63) is 77.1 Å². The molecule has 1 fully saturated rings. The van der Waals surface area contributed by atoms with Crippen LogP contribution in [0, 0.1) is 5.82 Å². The number of hydrogen-bond acceptors (Lipinski definition) is 3. The molecule has 4 nitrogen and oxygen atoms in total. The predicted octanol–water partition coefficient (Wildman–Crippen LogP) is 3.63. The lowest BCUT2D eigenvalue weighted by Crippen LogP contribution is -2.64. The third-order valence-corrected chi connectivity index (χ3v) is 6.02. The van der Waals surface area contributed by atoms with Crippen LogP contribution in [0.3, 0.4) is 0 Å². The van der Waals surface area contributed by atoms with E-state index in [1.54, 1.807) is 6.07 Å². The number of aliphatic hydroxyl groups is 1. The number of nitrogens with one attached hydrogen (secondary N) is 2.